The van der Waals surface area contributed by atoms with Crippen LogP contribution in [-0.4, -0.2) is 15.5 Å². The van der Waals surface area contributed by atoms with Crippen LogP contribution in [0.25, 0.3) is 0 Å². The summed E-state index contributed by atoms with van der Waals surface area (Å²) in [7, 11) is 0. The molecule has 2 bridgehead atoms. The van der Waals surface area contributed by atoms with E-state index in [2.05, 4.69) is 41.6 Å². The first kappa shape index (κ1) is 9.22. The average Bonchev–Trinajstić information content (AvgIpc) is 1.95. The molecule has 3 aliphatic rings. The molecule has 2 unspecified atom stereocenters. The van der Waals surface area contributed by atoms with E-state index in [0.717, 1.165) is 17.6 Å². The lowest BCUT2D eigenvalue weighted by Crippen LogP contribution is -2.35. The van der Waals surface area contributed by atoms with Crippen LogP contribution in [0, 0.1) is 5.92 Å². The fourth-order valence-corrected chi connectivity index (χ4v) is 2.19. The van der Waals surface area contributed by atoms with Crippen molar-refractivity contribution in [3.8, 4) is 0 Å². The summed E-state index contributed by atoms with van der Waals surface area (Å²) < 4.78 is 0.0274. The van der Waals surface area contributed by atoms with Gasteiger partial charge in [0, 0.05) is 4.32 Å². The second kappa shape index (κ2) is 2.82. The van der Waals surface area contributed by atoms with E-state index in [0.29, 0.717) is 5.92 Å². The van der Waals surface area contributed by atoms with Crippen LogP contribution in [0.1, 0.15) is 13.3 Å². The Morgan fingerprint density at radius 1 is 1.69 bits per heavy atom. The molecule has 0 amide bonds. The van der Waals surface area contributed by atoms with Crippen LogP contribution in [0.2, 0.25) is 0 Å². The third kappa shape index (κ3) is 1.42. The molecule has 0 aromatic heterocycles. The normalized spacial score (nSPS) is 43.3. The van der Waals surface area contributed by atoms with E-state index < -0.39 is 6.10 Å². The van der Waals surface area contributed by atoms with E-state index in [-0.39, 0.29) is 4.32 Å². The Bertz CT molecular complexity index is 310. The minimum Gasteiger partial charge on any atom is -0.384 e. The van der Waals surface area contributed by atoms with Crippen molar-refractivity contribution in [2.45, 2.75) is 23.8 Å². The van der Waals surface area contributed by atoms with Gasteiger partial charge in [-0.05, 0) is 30.4 Å². The van der Waals surface area contributed by atoms with Crippen molar-refractivity contribution in [1.82, 2.24) is 0 Å². The molecule has 0 heterocycles. The van der Waals surface area contributed by atoms with Crippen molar-refractivity contribution in [3.63, 3.8) is 0 Å². The highest BCUT2D eigenvalue weighted by atomic mass is 79.9. The van der Waals surface area contributed by atoms with Crippen molar-refractivity contribution in [3.05, 3.63) is 36.0 Å². The van der Waals surface area contributed by atoms with Gasteiger partial charge < -0.3 is 5.11 Å². The third-order valence-electron chi connectivity index (χ3n) is 2.92. The predicted octanol–water partition coefficient (Wildman–Crippen LogP) is 2.57. The van der Waals surface area contributed by atoms with Gasteiger partial charge >= 0.3 is 0 Å². The summed E-state index contributed by atoms with van der Waals surface area (Å²) in [5.41, 5.74) is 1.90. The minimum absolute atomic E-state index is 0.0274. The molecular weight excluding hydrogens is 228 g/mol. The van der Waals surface area contributed by atoms with Gasteiger partial charge in [0.05, 0.1) is 6.10 Å². The summed E-state index contributed by atoms with van der Waals surface area (Å²) >= 11 is 3.67. The lowest BCUT2D eigenvalue weighted by molar-refractivity contribution is 0.229. The first-order valence-corrected chi connectivity index (χ1v) is 5.25. The van der Waals surface area contributed by atoms with E-state index >= 15 is 0 Å². The van der Waals surface area contributed by atoms with E-state index in [4.69, 9.17) is 0 Å². The maximum atomic E-state index is 9.72. The fourth-order valence-electron chi connectivity index (χ4n) is 1.77. The molecule has 0 radical (unpaired) electrons. The van der Waals surface area contributed by atoms with Gasteiger partial charge in [-0.3, -0.25) is 0 Å². The number of aliphatic hydroxyl groups is 1. The summed E-state index contributed by atoms with van der Waals surface area (Å²) in [5.74, 6) is 0.515. The van der Waals surface area contributed by atoms with Gasteiger partial charge in [0.1, 0.15) is 0 Å². The van der Waals surface area contributed by atoms with Gasteiger partial charge in [-0.15, -0.1) is 0 Å². The Balaban J connectivity index is 2.35. The summed E-state index contributed by atoms with van der Waals surface area (Å²) in [4.78, 5) is 0. The van der Waals surface area contributed by atoms with Crippen LogP contribution in [0.15, 0.2) is 36.0 Å². The van der Waals surface area contributed by atoms with E-state index in [1.165, 1.54) is 0 Å². The first-order chi connectivity index (χ1) is 6.00. The van der Waals surface area contributed by atoms with Crippen molar-refractivity contribution in [2.75, 3.05) is 0 Å². The van der Waals surface area contributed by atoms with Gasteiger partial charge in [0.25, 0.3) is 0 Å². The zero-order valence-corrected chi connectivity index (χ0v) is 9.21. The van der Waals surface area contributed by atoms with E-state index in [1.54, 1.807) is 0 Å². The SMILES string of the molecule is C=C1C=C[C@@](C)(Br)C2C=C(C2)C1O. The number of allylic oxidation sites excluding steroid dienone is 2. The molecule has 2 heteroatoms. The van der Waals surface area contributed by atoms with E-state index in [1.807, 2.05) is 6.08 Å². The molecule has 3 rings (SSSR count). The Hall–Kier alpha value is -0.340. The van der Waals surface area contributed by atoms with Crippen molar-refractivity contribution >= 4 is 15.9 Å². The van der Waals surface area contributed by atoms with Gasteiger partial charge in [0.15, 0.2) is 0 Å². The smallest absolute Gasteiger partial charge is 0.0995 e. The van der Waals surface area contributed by atoms with Crippen LogP contribution >= 0.6 is 15.9 Å². The van der Waals surface area contributed by atoms with Crippen molar-refractivity contribution in [1.29, 1.82) is 0 Å². The molecule has 13 heavy (non-hydrogen) atoms. The standard InChI is InChI=1S/C11H13BrO/c1-7-3-4-11(2,12)9-5-8(6-9)10(7)13/h3-5,9-10,13H,1,6H2,2H3/t9?,10?,11-/m1/s1. The molecule has 70 valence electrons. The predicted molar refractivity (Wildman–Crippen MR) is 57.8 cm³/mol. The number of rotatable bonds is 0. The molecule has 0 fully saturated rings. The molecule has 3 atom stereocenters. The van der Waals surface area contributed by atoms with Gasteiger partial charge in [-0.1, -0.05) is 40.7 Å². The molecule has 0 spiro atoms. The van der Waals surface area contributed by atoms with Gasteiger partial charge in [-0.25, -0.2) is 0 Å². The Morgan fingerprint density at radius 2 is 2.31 bits per heavy atom. The summed E-state index contributed by atoms with van der Waals surface area (Å²) in [6.07, 6.45) is 6.67. The fraction of sp³-hybridized carbons (Fsp3) is 0.455. The summed E-state index contributed by atoms with van der Waals surface area (Å²) in [6.45, 7) is 5.98. The number of aliphatic hydroxyl groups excluding tert-OH is 1. The van der Waals surface area contributed by atoms with Crippen LogP contribution < -0.4 is 0 Å². The maximum absolute atomic E-state index is 9.72. The highest BCUT2D eigenvalue weighted by Crippen LogP contribution is 2.44. The monoisotopic (exact) mass is 240 g/mol. The summed E-state index contributed by atoms with van der Waals surface area (Å²) in [5, 5.41) is 9.72. The van der Waals surface area contributed by atoms with Crippen LogP contribution in [0.3, 0.4) is 0 Å². The second-order valence-corrected chi connectivity index (χ2v) is 5.72. The highest BCUT2D eigenvalue weighted by Gasteiger charge is 2.37. The number of hydrogen-bond donors (Lipinski definition) is 1. The number of fused-ring (bicyclic) bond motifs is 3. The zero-order chi connectivity index (χ0) is 9.64. The van der Waals surface area contributed by atoms with Crippen molar-refractivity contribution in [2.24, 2.45) is 5.92 Å². The topological polar surface area (TPSA) is 20.2 Å². The number of hydrogen-bond acceptors (Lipinski definition) is 1. The molecule has 0 saturated carbocycles. The quantitative estimate of drug-likeness (QED) is 0.510. The molecular formula is C11H13BrO. The first-order valence-electron chi connectivity index (χ1n) is 4.46. The Labute approximate surface area is 87.0 Å². The Kier molecular flexibility index (Phi) is 2.00. The maximum Gasteiger partial charge on any atom is 0.0995 e. The minimum atomic E-state index is -0.448. The molecule has 0 aliphatic heterocycles. The summed E-state index contributed by atoms with van der Waals surface area (Å²) in [6, 6.07) is 0. The average molecular weight is 241 g/mol. The second-order valence-electron chi connectivity index (χ2n) is 4.01. The van der Waals surface area contributed by atoms with Crippen molar-refractivity contribution < 1.29 is 5.11 Å². The molecule has 0 saturated heterocycles. The molecule has 0 aromatic rings. The molecule has 0 aromatic carbocycles. The lowest BCUT2D eigenvalue weighted by atomic mass is 9.73. The highest BCUT2D eigenvalue weighted by molar-refractivity contribution is 9.10. The van der Waals surface area contributed by atoms with Gasteiger partial charge in [0.2, 0.25) is 0 Å². The molecule has 1 N–H and O–H groups in total. The van der Waals surface area contributed by atoms with Crippen LogP contribution in [-0.2, 0) is 0 Å². The van der Waals surface area contributed by atoms with Crippen LogP contribution in [0.5, 0.6) is 0 Å². The van der Waals surface area contributed by atoms with Crippen LogP contribution in [0.4, 0.5) is 0 Å². The number of alkyl halides is 1. The largest absolute Gasteiger partial charge is 0.384 e. The Morgan fingerprint density at radius 3 is 2.92 bits per heavy atom. The van der Waals surface area contributed by atoms with Gasteiger partial charge in [-0.2, -0.15) is 0 Å². The van der Waals surface area contributed by atoms with E-state index in [9.17, 15) is 5.11 Å². The molecule has 3 aliphatic carbocycles. The molecule has 1 nitrogen and oxygen atoms in total. The third-order valence-corrected chi connectivity index (χ3v) is 3.77. The lowest BCUT2D eigenvalue weighted by Gasteiger charge is -2.39. The zero-order valence-electron chi connectivity index (χ0n) is 7.63. The number of halogens is 1.